The second kappa shape index (κ2) is 11.0. The van der Waals surface area contributed by atoms with Crippen LogP contribution in [0.1, 0.15) is 28.1 Å². The number of likely N-dealkylation sites (N-methyl/N-ethyl adjacent to an activating group) is 1. The molecule has 0 fully saturated rings. The molecule has 0 spiro atoms. The van der Waals surface area contributed by atoms with Gasteiger partial charge >= 0.3 is 5.97 Å². The van der Waals surface area contributed by atoms with Crippen molar-refractivity contribution in [2.45, 2.75) is 19.1 Å². The Balaban J connectivity index is 1.40. The smallest absolute Gasteiger partial charge is 0.339 e. The number of para-hydroxylation sites is 1. The number of nitrogens with zero attached hydrogens (tertiary/aromatic N) is 1. The molecule has 0 bridgehead atoms. The number of allylic oxidation sites excluding steroid dienone is 2. The first-order valence-corrected chi connectivity index (χ1v) is 12.5. The van der Waals surface area contributed by atoms with Crippen molar-refractivity contribution in [1.82, 2.24) is 4.90 Å². The molecule has 1 aromatic heterocycles. The van der Waals surface area contributed by atoms with Crippen LogP contribution in [0.4, 0.5) is 0 Å². The Labute approximate surface area is 220 Å². The van der Waals surface area contributed by atoms with Crippen molar-refractivity contribution in [2.24, 2.45) is 0 Å². The third-order valence-electron chi connectivity index (χ3n) is 6.49. The maximum Gasteiger partial charge on any atom is 0.339 e. The Kier molecular flexibility index (Phi) is 7.40. The molecule has 5 rings (SSSR count). The molecule has 1 N–H and O–H groups in total. The van der Waals surface area contributed by atoms with Gasteiger partial charge < -0.3 is 23.9 Å². The van der Waals surface area contributed by atoms with Crippen molar-refractivity contribution in [3.05, 3.63) is 106 Å². The summed E-state index contributed by atoms with van der Waals surface area (Å²) in [6, 6.07) is 19.0. The second-order valence-electron chi connectivity index (χ2n) is 9.51. The number of hydrogen-bond acceptors (Lipinski definition) is 6. The molecule has 7 heteroatoms. The molecule has 7 nitrogen and oxygen atoms in total. The number of ether oxygens (including phenoxy) is 2. The number of rotatable bonds is 9. The van der Waals surface area contributed by atoms with E-state index in [-0.39, 0.29) is 40.8 Å². The van der Waals surface area contributed by atoms with Gasteiger partial charge in [-0.15, -0.1) is 0 Å². The predicted octanol–water partition coefficient (Wildman–Crippen LogP) is 5.51. The van der Waals surface area contributed by atoms with Gasteiger partial charge in [-0.2, -0.15) is 0 Å². The van der Waals surface area contributed by atoms with Gasteiger partial charge in [0.25, 0.3) is 0 Å². The molecule has 0 radical (unpaired) electrons. The van der Waals surface area contributed by atoms with Gasteiger partial charge in [0.15, 0.2) is 11.3 Å². The van der Waals surface area contributed by atoms with Crippen molar-refractivity contribution in [1.29, 1.82) is 0 Å². The minimum absolute atomic E-state index is 0.0314. The lowest BCUT2D eigenvalue weighted by Crippen LogP contribution is -2.22. The van der Waals surface area contributed by atoms with Gasteiger partial charge in [0.2, 0.25) is 11.2 Å². The summed E-state index contributed by atoms with van der Waals surface area (Å²) < 4.78 is 18.1. The zero-order chi connectivity index (χ0) is 26.6. The topological polar surface area (TPSA) is 89.2 Å². The lowest BCUT2D eigenvalue weighted by atomic mass is 10.0. The molecule has 0 aliphatic heterocycles. The Morgan fingerprint density at radius 1 is 1.08 bits per heavy atom. The fourth-order valence-electron chi connectivity index (χ4n) is 4.44. The molecule has 0 amide bonds. The SMILES string of the molecule is CN(C)CCOc1c(C2=CCC(OCc3ccc4ccccc4c3)C=C2)oc2c(C(=O)O)cccc2c1=O. The largest absolute Gasteiger partial charge is 0.485 e. The van der Waals surface area contributed by atoms with Gasteiger partial charge in [0.1, 0.15) is 12.2 Å². The number of carboxylic acids is 1. The quantitative estimate of drug-likeness (QED) is 0.317. The lowest BCUT2D eigenvalue weighted by Gasteiger charge is -2.19. The van der Waals surface area contributed by atoms with Crippen LogP contribution in [0.3, 0.4) is 0 Å². The van der Waals surface area contributed by atoms with Crippen molar-refractivity contribution in [3.8, 4) is 5.75 Å². The molecule has 1 aliphatic carbocycles. The zero-order valence-electron chi connectivity index (χ0n) is 21.3. The van der Waals surface area contributed by atoms with Crippen LogP contribution in [-0.4, -0.2) is 49.3 Å². The van der Waals surface area contributed by atoms with Gasteiger partial charge in [-0.25, -0.2) is 4.79 Å². The summed E-state index contributed by atoms with van der Waals surface area (Å²) in [6.07, 6.45) is 6.11. The summed E-state index contributed by atoms with van der Waals surface area (Å²) >= 11 is 0. The van der Waals surface area contributed by atoms with Crippen molar-refractivity contribution in [2.75, 3.05) is 27.2 Å². The third kappa shape index (κ3) is 5.39. The molecule has 3 aromatic carbocycles. The maximum atomic E-state index is 13.4. The van der Waals surface area contributed by atoms with Gasteiger partial charge in [-0.05, 0) is 55.1 Å². The van der Waals surface area contributed by atoms with Crippen LogP contribution in [-0.2, 0) is 11.3 Å². The van der Waals surface area contributed by atoms with Gasteiger partial charge in [-0.3, -0.25) is 4.79 Å². The molecular formula is C31H29NO6. The third-order valence-corrected chi connectivity index (χ3v) is 6.49. The Morgan fingerprint density at radius 3 is 2.63 bits per heavy atom. The monoisotopic (exact) mass is 511 g/mol. The van der Waals surface area contributed by atoms with Crippen molar-refractivity contribution < 1.29 is 23.8 Å². The van der Waals surface area contributed by atoms with E-state index in [9.17, 15) is 14.7 Å². The van der Waals surface area contributed by atoms with Crippen molar-refractivity contribution in [3.63, 3.8) is 0 Å². The highest BCUT2D eigenvalue weighted by atomic mass is 16.5. The molecule has 0 saturated carbocycles. The van der Waals surface area contributed by atoms with Crippen LogP contribution >= 0.6 is 0 Å². The minimum atomic E-state index is -1.17. The van der Waals surface area contributed by atoms with E-state index in [4.69, 9.17) is 13.9 Å². The summed E-state index contributed by atoms with van der Waals surface area (Å²) in [7, 11) is 3.83. The number of hydrogen-bond donors (Lipinski definition) is 1. The highest BCUT2D eigenvalue weighted by Crippen LogP contribution is 2.32. The van der Waals surface area contributed by atoms with E-state index in [1.807, 2.05) is 49.4 Å². The number of carboxylic acid groups (broad SMARTS) is 1. The Hall–Kier alpha value is -4.20. The molecule has 0 saturated heterocycles. The number of fused-ring (bicyclic) bond motifs is 2. The second-order valence-corrected chi connectivity index (χ2v) is 9.51. The van der Waals surface area contributed by atoms with Crippen LogP contribution in [0.15, 0.2) is 88.1 Å². The maximum absolute atomic E-state index is 13.4. The molecule has 1 aliphatic rings. The Morgan fingerprint density at radius 2 is 1.89 bits per heavy atom. The molecule has 194 valence electrons. The normalized spacial score (nSPS) is 15.2. The van der Waals surface area contributed by atoms with E-state index in [1.54, 1.807) is 6.07 Å². The van der Waals surface area contributed by atoms with E-state index in [1.165, 1.54) is 22.9 Å². The first-order valence-electron chi connectivity index (χ1n) is 12.5. The fraction of sp³-hybridized carbons (Fsp3) is 0.226. The molecule has 1 unspecified atom stereocenters. The summed E-state index contributed by atoms with van der Waals surface area (Å²) in [4.78, 5) is 27.1. The van der Waals surface area contributed by atoms with Crippen LogP contribution < -0.4 is 10.2 Å². The highest BCUT2D eigenvalue weighted by molar-refractivity contribution is 6.01. The lowest BCUT2D eigenvalue weighted by molar-refractivity contribution is 0.0697. The number of carbonyl (C=O) groups is 1. The van der Waals surface area contributed by atoms with Crippen LogP contribution in [0.5, 0.6) is 5.75 Å². The number of benzene rings is 3. The van der Waals surface area contributed by atoms with E-state index in [2.05, 4.69) is 30.3 Å². The highest BCUT2D eigenvalue weighted by Gasteiger charge is 2.23. The summed E-state index contributed by atoms with van der Waals surface area (Å²) in [5.41, 5.74) is 1.30. The number of aromatic carboxylic acids is 1. The molecule has 1 atom stereocenters. The van der Waals surface area contributed by atoms with E-state index >= 15 is 0 Å². The van der Waals surface area contributed by atoms with E-state index < -0.39 is 11.4 Å². The molecule has 38 heavy (non-hydrogen) atoms. The van der Waals surface area contributed by atoms with Gasteiger partial charge in [0.05, 0.1) is 18.1 Å². The average Bonchev–Trinajstić information content (AvgIpc) is 2.92. The summed E-state index contributed by atoms with van der Waals surface area (Å²) in [6.45, 7) is 1.35. The van der Waals surface area contributed by atoms with Crippen LogP contribution in [0.2, 0.25) is 0 Å². The minimum Gasteiger partial charge on any atom is -0.485 e. The fourth-order valence-corrected chi connectivity index (χ4v) is 4.44. The first-order chi connectivity index (χ1) is 18.4. The van der Waals surface area contributed by atoms with Gasteiger partial charge in [0, 0.05) is 12.1 Å². The Bertz CT molecular complexity index is 1610. The van der Waals surface area contributed by atoms with E-state index in [0.29, 0.717) is 25.1 Å². The standard InChI is InChI=1S/C31H29NO6/c1-32(2)16-17-36-30-27(33)25-8-5-9-26(31(34)35)29(25)38-28(30)22-12-14-24(15-13-22)37-19-20-10-11-21-6-3-4-7-23(21)18-20/h3-14,18,24H,15-17,19H2,1-2H3,(H,34,35). The molecule has 4 aromatic rings. The van der Waals surface area contributed by atoms with Crippen LogP contribution in [0, 0.1) is 0 Å². The van der Waals surface area contributed by atoms with E-state index in [0.717, 1.165) is 5.56 Å². The zero-order valence-corrected chi connectivity index (χ0v) is 21.3. The van der Waals surface area contributed by atoms with Gasteiger partial charge in [-0.1, -0.05) is 60.7 Å². The molecule has 1 heterocycles. The summed E-state index contributed by atoms with van der Waals surface area (Å²) in [5, 5.41) is 12.2. The average molecular weight is 512 g/mol. The summed E-state index contributed by atoms with van der Waals surface area (Å²) in [5.74, 6) is -0.867. The molecular weight excluding hydrogens is 482 g/mol. The first kappa shape index (κ1) is 25.4. The van der Waals surface area contributed by atoms with Crippen LogP contribution in [0.25, 0.3) is 27.3 Å². The predicted molar refractivity (Wildman–Crippen MR) is 148 cm³/mol. The van der Waals surface area contributed by atoms with Crippen molar-refractivity contribution >= 4 is 33.3 Å².